The lowest BCUT2D eigenvalue weighted by Gasteiger charge is -2.17. The second-order valence-electron chi connectivity index (χ2n) is 4.80. The molecule has 21 heavy (non-hydrogen) atoms. The number of hydrogen-bond donors (Lipinski definition) is 1. The molecule has 1 N–H and O–H groups in total. The van der Waals surface area contributed by atoms with Crippen molar-refractivity contribution >= 4 is 43.2 Å². The molecule has 0 spiro atoms. The van der Waals surface area contributed by atoms with E-state index in [0.717, 1.165) is 15.7 Å². The van der Waals surface area contributed by atoms with E-state index in [9.17, 15) is 10.1 Å². The van der Waals surface area contributed by atoms with Crippen LogP contribution in [0.1, 0.15) is 24.1 Å². The maximum atomic E-state index is 10.9. The van der Waals surface area contributed by atoms with Crippen molar-refractivity contribution in [3.63, 3.8) is 0 Å². The van der Waals surface area contributed by atoms with Gasteiger partial charge < -0.3 is 5.32 Å². The van der Waals surface area contributed by atoms with Crippen LogP contribution in [0, 0.1) is 17.0 Å². The molecule has 0 aliphatic rings. The van der Waals surface area contributed by atoms with Gasteiger partial charge in [0.25, 0.3) is 5.69 Å². The van der Waals surface area contributed by atoms with Gasteiger partial charge in [-0.15, -0.1) is 0 Å². The molecule has 0 amide bonds. The predicted molar refractivity (Wildman–Crippen MR) is 91.7 cm³/mol. The van der Waals surface area contributed by atoms with Crippen molar-refractivity contribution in [1.29, 1.82) is 0 Å². The average Bonchev–Trinajstić information content (AvgIpc) is 2.42. The van der Waals surface area contributed by atoms with Gasteiger partial charge in [-0.3, -0.25) is 10.1 Å². The van der Waals surface area contributed by atoms with Gasteiger partial charge in [-0.2, -0.15) is 0 Å². The van der Waals surface area contributed by atoms with Crippen molar-refractivity contribution in [1.82, 2.24) is 0 Å². The van der Waals surface area contributed by atoms with E-state index in [4.69, 9.17) is 0 Å². The summed E-state index contributed by atoms with van der Waals surface area (Å²) in [4.78, 5) is 10.6. The number of nitro benzene ring substituents is 1. The second kappa shape index (κ2) is 6.58. The van der Waals surface area contributed by atoms with Gasteiger partial charge in [-0.05, 0) is 53.5 Å². The average molecular weight is 414 g/mol. The van der Waals surface area contributed by atoms with Crippen LogP contribution in [0.2, 0.25) is 0 Å². The molecule has 0 aromatic heterocycles. The number of nitrogens with one attached hydrogen (secondary N) is 1. The van der Waals surface area contributed by atoms with Crippen molar-refractivity contribution in [3.05, 3.63) is 66.6 Å². The minimum atomic E-state index is -0.373. The minimum Gasteiger partial charge on any atom is -0.378 e. The summed E-state index contributed by atoms with van der Waals surface area (Å²) >= 11 is 6.84. The number of hydrogen-bond acceptors (Lipinski definition) is 3. The summed E-state index contributed by atoms with van der Waals surface area (Å²) in [6.45, 7) is 3.78. The highest BCUT2D eigenvalue weighted by Crippen LogP contribution is 2.33. The van der Waals surface area contributed by atoms with Gasteiger partial charge in [0.2, 0.25) is 0 Å². The zero-order valence-electron chi connectivity index (χ0n) is 11.6. The normalized spacial score (nSPS) is 12.0. The smallest absolute Gasteiger partial charge is 0.273 e. The molecule has 6 heteroatoms. The van der Waals surface area contributed by atoms with Gasteiger partial charge in [0.1, 0.15) is 0 Å². The van der Waals surface area contributed by atoms with Crippen LogP contribution >= 0.6 is 31.9 Å². The molecule has 0 aliphatic heterocycles. The summed E-state index contributed by atoms with van der Waals surface area (Å²) < 4.78 is 1.70. The monoisotopic (exact) mass is 412 g/mol. The third kappa shape index (κ3) is 3.83. The first-order chi connectivity index (χ1) is 9.88. The van der Waals surface area contributed by atoms with Crippen LogP contribution in [0.15, 0.2) is 45.3 Å². The quantitative estimate of drug-likeness (QED) is 0.524. The molecule has 4 nitrogen and oxygen atoms in total. The number of anilines is 1. The van der Waals surface area contributed by atoms with Gasteiger partial charge in [0.05, 0.1) is 4.92 Å². The third-order valence-corrected chi connectivity index (χ3v) is 4.35. The lowest BCUT2D eigenvalue weighted by molar-refractivity contribution is -0.385. The summed E-state index contributed by atoms with van der Waals surface area (Å²) in [5, 5.41) is 14.3. The third-order valence-electron chi connectivity index (χ3n) is 3.20. The van der Waals surface area contributed by atoms with E-state index in [1.165, 1.54) is 6.07 Å². The first-order valence-corrected chi connectivity index (χ1v) is 7.93. The molecule has 0 fully saturated rings. The van der Waals surface area contributed by atoms with E-state index in [1.54, 1.807) is 13.0 Å². The maximum Gasteiger partial charge on any atom is 0.273 e. The fraction of sp³-hybridized carbons (Fsp3) is 0.200. The van der Waals surface area contributed by atoms with Gasteiger partial charge in [0.15, 0.2) is 0 Å². The summed E-state index contributed by atoms with van der Waals surface area (Å²) in [5.41, 5.74) is 2.72. The Balaban J connectivity index is 2.27. The highest BCUT2D eigenvalue weighted by molar-refractivity contribution is 9.10. The molecule has 2 aromatic rings. The summed E-state index contributed by atoms with van der Waals surface area (Å²) in [7, 11) is 0. The Kier molecular flexibility index (Phi) is 5.00. The lowest BCUT2D eigenvalue weighted by Crippen LogP contribution is -2.07. The van der Waals surface area contributed by atoms with Crippen LogP contribution in [0.4, 0.5) is 11.4 Å². The molecular weight excluding hydrogens is 400 g/mol. The largest absolute Gasteiger partial charge is 0.378 e. The molecule has 2 aromatic carbocycles. The number of benzene rings is 2. The highest BCUT2D eigenvalue weighted by Gasteiger charge is 2.15. The van der Waals surface area contributed by atoms with Crippen LogP contribution in [-0.4, -0.2) is 4.92 Å². The van der Waals surface area contributed by atoms with Crippen molar-refractivity contribution in [2.45, 2.75) is 19.9 Å². The van der Waals surface area contributed by atoms with E-state index < -0.39 is 0 Å². The van der Waals surface area contributed by atoms with Crippen molar-refractivity contribution in [2.24, 2.45) is 0 Å². The van der Waals surface area contributed by atoms with E-state index >= 15 is 0 Å². The Bertz CT molecular complexity index is 689. The van der Waals surface area contributed by atoms with Crippen molar-refractivity contribution < 1.29 is 4.92 Å². The molecule has 1 atom stereocenters. The first-order valence-electron chi connectivity index (χ1n) is 6.35. The van der Waals surface area contributed by atoms with Gasteiger partial charge in [-0.1, -0.05) is 28.1 Å². The van der Waals surface area contributed by atoms with Crippen LogP contribution in [0.5, 0.6) is 0 Å². The summed E-state index contributed by atoms with van der Waals surface area (Å²) in [6, 6.07) is 11.4. The number of rotatable bonds is 4. The SMILES string of the molecule is Cc1cc(NC(C)c2cccc(Br)c2)c(Br)cc1[N+](=O)[O-]. The lowest BCUT2D eigenvalue weighted by atomic mass is 10.1. The second-order valence-corrected chi connectivity index (χ2v) is 6.57. The first kappa shape index (κ1) is 16.0. The van der Waals surface area contributed by atoms with Crippen LogP contribution in [0.3, 0.4) is 0 Å². The molecule has 0 saturated carbocycles. The molecule has 1 unspecified atom stereocenters. The number of nitro groups is 1. The molecule has 0 bridgehead atoms. The predicted octanol–water partition coefficient (Wildman–Crippen LogP) is 5.60. The maximum absolute atomic E-state index is 10.9. The Morgan fingerprint density at radius 3 is 2.57 bits per heavy atom. The van der Waals surface area contributed by atoms with Crippen LogP contribution in [-0.2, 0) is 0 Å². The fourth-order valence-electron chi connectivity index (χ4n) is 2.07. The molecule has 0 aliphatic carbocycles. The van der Waals surface area contributed by atoms with Gasteiger partial charge >= 0.3 is 0 Å². The van der Waals surface area contributed by atoms with E-state index in [1.807, 2.05) is 31.2 Å². The Hall–Kier alpha value is -1.40. The molecule has 0 heterocycles. The van der Waals surface area contributed by atoms with E-state index in [2.05, 4.69) is 37.2 Å². The van der Waals surface area contributed by atoms with E-state index in [0.29, 0.717) is 10.0 Å². The molecule has 0 saturated heterocycles. The van der Waals surface area contributed by atoms with Crippen molar-refractivity contribution in [2.75, 3.05) is 5.32 Å². The number of nitrogens with zero attached hydrogens (tertiary/aromatic N) is 1. The summed E-state index contributed by atoms with van der Waals surface area (Å²) in [6.07, 6.45) is 0. The highest BCUT2D eigenvalue weighted by atomic mass is 79.9. The summed E-state index contributed by atoms with van der Waals surface area (Å²) in [5.74, 6) is 0. The Morgan fingerprint density at radius 1 is 1.24 bits per heavy atom. The Labute approximate surface area is 140 Å². The topological polar surface area (TPSA) is 55.2 Å². The molecule has 0 radical (unpaired) electrons. The van der Waals surface area contributed by atoms with Gasteiger partial charge in [-0.25, -0.2) is 0 Å². The zero-order valence-corrected chi connectivity index (χ0v) is 14.7. The standard InChI is InChI=1S/C15H14Br2N2O2/c1-9-6-14(13(17)8-15(9)19(20)21)18-10(2)11-4-3-5-12(16)7-11/h3-8,10,18H,1-2H3. The van der Waals surface area contributed by atoms with Crippen LogP contribution < -0.4 is 5.32 Å². The van der Waals surface area contributed by atoms with Gasteiger partial charge in [0, 0.05) is 32.3 Å². The molecular formula is C15H14Br2N2O2. The minimum absolute atomic E-state index is 0.0830. The number of aryl methyl sites for hydroxylation is 1. The number of halogens is 2. The fourth-order valence-corrected chi connectivity index (χ4v) is 2.93. The molecule has 110 valence electrons. The Morgan fingerprint density at radius 2 is 1.95 bits per heavy atom. The van der Waals surface area contributed by atoms with E-state index in [-0.39, 0.29) is 16.7 Å². The van der Waals surface area contributed by atoms with Crippen molar-refractivity contribution in [3.8, 4) is 0 Å². The zero-order chi connectivity index (χ0) is 15.6. The van der Waals surface area contributed by atoms with Crippen LogP contribution in [0.25, 0.3) is 0 Å². The molecule has 2 rings (SSSR count).